The fraction of sp³-hybridized carbons (Fsp3) is 0.407. The molecular weight excluding hydrogens is 522 g/mol. The summed E-state index contributed by atoms with van der Waals surface area (Å²) in [6.45, 7) is 0.412. The predicted octanol–water partition coefficient (Wildman–Crippen LogP) is 0.103. The Balaban J connectivity index is 2.24. The molecule has 0 saturated carbocycles. The first-order valence-electron chi connectivity index (χ1n) is 12.7. The SMILES string of the molecule is NCCCCC(NC(=O)C(N)CS)C(=O)NC(Cc1ccccc1)C(=O)NC(Cc1ccc(O)cc1)C(=O)O. The lowest BCUT2D eigenvalue weighted by atomic mass is 10.0. The lowest BCUT2D eigenvalue weighted by Gasteiger charge is -2.25. The average molecular weight is 560 g/mol. The Kier molecular flexibility index (Phi) is 13.3. The van der Waals surface area contributed by atoms with Gasteiger partial charge in [-0.15, -0.1) is 0 Å². The highest BCUT2D eigenvalue weighted by molar-refractivity contribution is 7.80. The second-order valence-corrected chi connectivity index (χ2v) is 9.52. The van der Waals surface area contributed by atoms with Crippen molar-refractivity contribution in [2.24, 2.45) is 11.5 Å². The number of phenolic OH excluding ortho intramolecular Hbond substituents is 1. The standard InChI is InChI=1S/C27H37N5O6S/c28-13-5-4-8-21(30-24(34)20(29)16-39)25(35)31-22(14-17-6-2-1-3-7-17)26(36)32-23(27(37)38)15-18-9-11-19(33)12-10-18/h1-3,6-7,9-12,20-23,33,39H,4-5,8,13-16,28-29H2,(H,30,34)(H,31,35)(H,32,36)(H,37,38). The van der Waals surface area contributed by atoms with Gasteiger partial charge in [-0.05, 0) is 49.1 Å². The van der Waals surface area contributed by atoms with Crippen LogP contribution in [0.1, 0.15) is 30.4 Å². The molecule has 0 heterocycles. The van der Waals surface area contributed by atoms with Crippen LogP contribution in [0.4, 0.5) is 0 Å². The van der Waals surface area contributed by atoms with Crippen LogP contribution in [-0.4, -0.2) is 70.4 Å². The van der Waals surface area contributed by atoms with Crippen molar-refractivity contribution >= 4 is 36.3 Å². The van der Waals surface area contributed by atoms with Gasteiger partial charge in [0.25, 0.3) is 0 Å². The molecular formula is C27H37N5O6S. The maximum absolute atomic E-state index is 13.3. The molecule has 212 valence electrons. The molecule has 2 aromatic carbocycles. The van der Waals surface area contributed by atoms with Crippen molar-refractivity contribution in [3.8, 4) is 5.75 Å². The van der Waals surface area contributed by atoms with Crippen LogP contribution < -0.4 is 27.4 Å². The number of benzene rings is 2. The molecule has 12 heteroatoms. The number of hydrogen-bond donors (Lipinski definition) is 8. The summed E-state index contributed by atoms with van der Waals surface area (Å²) in [5.74, 6) is -3.00. The van der Waals surface area contributed by atoms with Crippen LogP contribution in [0.3, 0.4) is 0 Å². The third kappa shape index (κ3) is 11.0. The van der Waals surface area contributed by atoms with E-state index in [1.165, 1.54) is 12.1 Å². The van der Waals surface area contributed by atoms with Gasteiger partial charge in [0.15, 0.2) is 0 Å². The van der Waals surface area contributed by atoms with Gasteiger partial charge in [0, 0.05) is 18.6 Å². The molecule has 2 aromatic rings. The Morgan fingerprint density at radius 3 is 1.90 bits per heavy atom. The zero-order chi connectivity index (χ0) is 28.8. The Hall–Kier alpha value is -3.61. The maximum atomic E-state index is 13.3. The highest BCUT2D eigenvalue weighted by Gasteiger charge is 2.30. The first-order chi connectivity index (χ1) is 18.6. The molecule has 0 aliphatic heterocycles. The number of aliphatic carboxylic acids is 1. The molecule has 0 fully saturated rings. The normalized spacial score (nSPS) is 13.9. The lowest BCUT2D eigenvalue weighted by molar-refractivity contribution is -0.142. The molecule has 0 aromatic heterocycles. The summed E-state index contributed by atoms with van der Waals surface area (Å²) in [5, 5.41) is 27.1. The molecule has 0 radical (unpaired) electrons. The number of nitrogens with one attached hydrogen (secondary N) is 3. The van der Waals surface area contributed by atoms with Crippen molar-refractivity contribution in [1.82, 2.24) is 16.0 Å². The smallest absolute Gasteiger partial charge is 0.326 e. The molecule has 0 bridgehead atoms. The van der Waals surface area contributed by atoms with E-state index in [0.717, 1.165) is 5.56 Å². The third-order valence-electron chi connectivity index (χ3n) is 6.02. The van der Waals surface area contributed by atoms with Crippen LogP contribution in [0, 0.1) is 0 Å². The van der Waals surface area contributed by atoms with E-state index in [2.05, 4.69) is 28.6 Å². The van der Waals surface area contributed by atoms with Crippen LogP contribution in [0.15, 0.2) is 54.6 Å². The predicted molar refractivity (Wildman–Crippen MR) is 150 cm³/mol. The summed E-state index contributed by atoms with van der Waals surface area (Å²) in [7, 11) is 0. The summed E-state index contributed by atoms with van der Waals surface area (Å²) < 4.78 is 0. The summed E-state index contributed by atoms with van der Waals surface area (Å²) in [5.41, 5.74) is 12.7. The second-order valence-electron chi connectivity index (χ2n) is 9.16. The van der Waals surface area contributed by atoms with Crippen molar-refractivity contribution in [1.29, 1.82) is 0 Å². The van der Waals surface area contributed by atoms with Gasteiger partial charge >= 0.3 is 5.97 Å². The minimum absolute atomic E-state index is 0.0312. The number of carbonyl (C=O) groups excluding carboxylic acids is 3. The topological polar surface area (TPSA) is 197 Å². The number of unbranched alkanes of at least 4 members (excludes halogenated alkanes) is 1. The number of hydrogen-bond acceptors (Lipinski definition) is 8. The van der Waals surface area contributed by atoms with Crippen molar-refractivity contribution in [2.75, 3.05) is 12.3 Å². The van der Waals surface area contributed by atoms with Crippen molar-refractivity contribution in [3.63, 3.8) is 0 Å². The van der Waals surface area contributed by atoms with Gasteiger partial charge in [0.2, 0.25) is 17.7 Å². The van der Waals surface area contributed by atoms with Crippen LogP contribution >= 0.6 is 12.6 Å². The van der Waals surface area contributed by atoms with E-state index in [-0.39, 0.29) is 30.8 Å². The van der Waals surface area contributed by atoms with Gasteiger partial charge < -0.3 is 37.6 Å². The van der Waals surface area contributed by atoms with Gasteiger partial charge in [-0.3, -0.25) is 14.4 Å². The average Bonchev–Trinajstić information content (AvgIpc) is 2.92. The van der Waals surface area contributed by atoms with Crippen molar-refractivity contribution in [2.45, 2.75) is 56.3 Å². The molecule has 4 unspecified atom stereocenters. The molecule has 2 rings (SSSR count). The number of carbonyl (C=O) groups is 4. The number of thiol groups is 1. The van der Waals surface area contributed by atoms with Gasteiger partial charge in [0.1, 0.15) is 23.9 Å². The van der Waals surface area contributed by atoms with E-state index in [1.807, 2.05) is 6.07 Å². The molecule has 0 aliphatic carbocycles. The van der Waals surface area contributed by atoms with E-state index < -0.39 is 47.9 Å². The van der Waals surface area contributed by atoms with Gasteiger partial charge in [-0.2, -0.15) is 12.6 Å². The minimum atomic E-state index is -1.29. The van der Waals surface area contributed by atoms with E-state index >= 15 is 0 Å². The first kappa shape index (κ1) is 31.6. The van der Waals surface area contributed by atoms with Gasteiger partial charge in [-0.1, -0.05) is 42.5 Å². The Morgan fingerprint density at radius 2 is 1.31 bits per heavy atom. The number of amides is 3. The molecule has 0 spiro atoms. The number of carboxylic acids is 1. The number of phenols is 1. The summed E-state index contributed by atoms with van der Waals surface area (Å²) >= 11 is 4.03. The number of rotatable bonds is 16. The van der Waals surface area contributed by atoms with Gasteiger partial charge in [0.05, 0.1) is 6.04 Å². The zero-order valence-corrected chi connectivity index (χ0v) is 22.5. The molecule has 3 amide bonds. The Morgan fingerprint density at radius 1 is 0.769 bits per heavy atom. The summed E-state index contributed by atoms with van der Waals surface area (Å²) in [6, 6.07) is 10.6. The fourth-order valence-corrected chi connectivity index (χ4v) is 3.96. The van der Waals surface area contributed by atoms with Crippen molar-refractivity contribution in [3.05, 3.63) is 65.7 Å². The highest BCUT2D eigenvalue weighted by Crippen LogP contribution is 2.12. The van der Waals surface area contributed by atoms with Crippen molar-refractivity contribution < 1.29 is 29.4 Å². The molecule has 4 atom stereocenters. The largest absolute Gasteiger partial charge is 0.508 e. The molecule has 0 aliphatic rings. The third-order valence-corrected chi connectivity index (χ3v) is 6.41. The zero-order valence-electron chi connectivity index (χ0n) is 21.6. The maximum Gasteiger partial charge on any atom is 0.326 e. The number of carboxylic acid groups (broad SMARTS) is 1. The molecule has 11 nitrogen and oxygen atoms in total. The van der Waals surface area contributed by atoms with Gasteiger partial charge in [-0.25, -0.2) is 4.79 Å². The monoisotopic (exact) mass is 559 g/mol. The molecule has 0 saturated heterocycles. The van der Waals surface area contributed by atoms with E-state index in [1.54, 1.807) is 36.4 Å². The quantitative estimate of drug-likeness (QED) is 0.105. The van der Waals surface area contributed by atoms with E-state index in [4.69, 9.17) is 11.5 Å². The van der Waals surface area contributed by atoms with E-state index in [9.17, 15) is 29.4 Å². The first-order valence-corrected chi connectivity index (χ1v) is 13.3. The highest BCUT2D eigenvalue weighted by atomic mass is 32.1. The van der Waals surface area contributed by atoms with Crippen LogP contribution in [0.2, 0.25) is 0 Å². The summed E-state index contributed by atoms with van der Waals surface area (Å²) in [6.07, 6.45) is 1.50. The molecule has 39 heavy (non-hydrogen) atoms. The lowest BCUT2D eigenvalue weighted by Crippen LogP contribution is -2.58. The van der Waals surface area contributed by atoms with Crippen LogP contribution in [-0.2, 0) is 32.0 Å². The fourth-order valence-electron chi connectivity index (χ4n) is 3.79. The number of aromatic hydroxyl groups is 1. The summed E-state index contributed by atoms with van der Waals surface area (Å²) in [4.78, 5) is 51.0. The van der Waals surface area contributed by atoms with Crippen LogP contribution in [0.5, 0.6) is 5.75 Å². The second kappa shape index (κ2) is 16.4. The van der Waals surface area contributed by atoms with Crippen LogP contribution in [0.25, 0.3) is 0 Å². The molecule has 9 N–H and O–H groups in total. The Labute approximate surface area is 233 Å². The Bertz CT molecular complexity index is 1090. The van der Waals surface area contributed by atoms with E-state index in [0.29, 0.717) is 24.9 Å². The number of nitrogens with two attached hydrogens (primary N) is 2. The minimum Gasteiger partial charge on any atom is -0.508 e.